The van der Waals surface area contributed by atoms with Crippen molar-refractivity contribution in [3.8, 4) is 0 Å². The van der Waals surface area contributed by atoms with E-state index in [1.54, 1.807) is 54.6 Å². The second-order valence-electron chi connectivity index (χ2n) is 6.45. The van der Waals surface area contributed by atoms with Gasteiger partial charge < -0.3 is 10.1 Å². The standard InChI is InChI=1S/C23H15NO5/c25-20(13-29-23(28)14-6-2-1-3-7-14)24-15-10-11-18-19(12-15)22(27)17-9-5-4-8-16(17)21(18)26/h1-12H,13H2,(H,24,25). The summed E-state index contributed by atoms with van der Waals surface area (Å²) >= 11 is 0. The van der Waals surface area contributed by atoms with Gasteiger partial charge in [-0.15, -0.1) is 0 Å². The van der Waals surface area contributed by atoms with E-state index in [-0.39, 0.29) is 17.1 Å². The van der Waals surface area contributed by atoms with Gasteiger partial charge in [-0.05, 0) is 30.3 Å². The number of carbonyl (C=O) groups is 4. The van der Waals surface area contributed by atoms with E-state index in [1.165, 1.54) is 18.2 Å². The van der Waals surface area contributed by atoms with Gasteiger partial charge in [-0.25, -0.2) is 4.79 Å². The summed E-state index contributed by atoms with van der Waals surface area (Å²) < 4.78 is 4.99. The summed E-state index contributed by atoms with van der Waals surface area (Å²) in [5.41, 5.74) is 1.91. The van der Waals surface area contributed by atoms with Gasteiger partial charge in [0.15, 0.2) is 18.2 Å². The maximum atomic E-state index is 12.7. The molecule has 1 N–H and O–H groups in total. The average molecular weight is 385 g/mol. The minimum atomic E-state index is -0.608. The molecule has 0 heterocycles. The van der Waals surface area contributed by atoms with E-state index in [9.17, 15) is 19.2 Å². The Kier molecular flexibility index (Phi) is 4.75. The molecule has 142 valence electrons. The van der Waals surface area contributed by atoms with Crippen LogP contribution in [0.5, 0.6) is 0 Å². The van der Waals surface area contributed by atoms with Crippen LogP contribution in [0.2, 0.25) is 0 Å². The SMILES string of the molecule is O=C(COC(=O)c1ccccc1)Nc1ccc2c(c1)C(=O)c1ccccc1C2=O. The third kappa shape index (κ3) is 3.55. The second kappa shape index (κ2) is 7.52. The highest BCUT2D eigenvalue weighted by Crippen LogP contribution is 2.29. The molecule has 29 heavy (non-hydrogen) atoms. The number of hydrogen-bond donors (Lipinski definition) is 1. The van der Waals surface area contributed by atoms with Crippen molar-refractivity contribution in [3.63, 3.8) is 0 Å². The smallest absolute Gasteiger partial charge is 0.338 e. The molecule has 0 bridgehead atoms. The number of rotatable bonds is 4. The molecule has 0 radical (unpaired) electrons. The number of esters is 1. The van der Waals surface area contributed by atoms with Crippen LogP contribution >= 0.6 is 0 Å². The average Bonchev–Trinajstić information content (AvgIpc) is 2.76. The molecular weight excluding hydrogens is 370 g/mol. The maximum Gasteiger partial charge on any atom is 0.338 e. The number of anilines is 1. The van der Waals surface area contributed by atoms with E-state index in [0.29, 0.717) is 27.9 Å². The summed E-state index contributed by atoms with van der Waals surface area (Å²) in [5, 5.41) is 2.58. The van der Waals surface area contributed by atoms with E-state index in [0.717, 1.165) is 0 Å². The number of fused-ring (bicyclic) bond motifs is 2. The van der Waals surface area contributed by atoms with Crippen LogP contribution in [0.1, 0.15) is 42.2 Å². The molecule has 1 amide bonds. The summed E-state index contributed by atoms with van der Waals surface area (Å²) in [6, 6.07) is 19.5. The van der Waals surface area contributed by atoms with E-state index in [2.05, 4.69) is 5.32 Å². The van der Waals surface area contributed by atoms with Crippen molar-refractivity contribution in [1.82, 2.24) is 0 Å². The van der Waals surface area contributed by atoms with Crippen LogP contribution in [-0.2, 0) is 9.53 Å². The molecule has 0 aliphatic heterocycles. The van der Waals surface area contributed by atoms with Crippen molar-refractivity contribution in [2.24, 2.45) is 0 Å². The van der Waals surface area contributed by atoms with Crippen LogP contribution in [0.4, 0.5) is 5.69 Å². The van der Waals surface area contributed by atoms with Crippen molar-refractivity contribution in [2.75, 3.05) is 11.9 Å². The van der Waals surface area contributed by atoms with Crippen LogP contribution in [0.15, 0.2) is 72.8 Å². The Hall–Kier alpha value is -4.06. The number of carbonyl (C=O) groups excluding carboxylic acids is 4. The van der Waals surface area contributed by atoms with Gasteiger partial charge in [-0.2, -0.15) is 0 Å². The fourth-order valence-corrected chi connectivity index (χ4v) is 3.16. The van der Waals surface area contributed by atoms with E-state index < -0.39 is 18.5 Å². The molecule has 0 aromatic heterocycles. The number of ether oxygens (including phenoxy) is 1. The van der Waals surface area contributed by atoms with Crippen molar-refractivity contribution >= 4 is 29.1 Å². The highest BCUT2D eigenvalue weighted by atomic mass is 16.5. The fraction of sp³-hybridized carbons (Fsp3) is 0.0435. The lowest BCUT2D eigenvalue weighted by Gasteiger charge is -2.18. The topological polar surface area (TPSA) is 89.5 Å². The predicted molar refractivity (Wildman–Crippen MR) is 105 cm³/mol. The van der Waals surface area contributed by atoms with Crippen LogP contribution in [0.25, 0.3) is 0 Å². The minimum Gasteiger partial charge on any atom is -0.452 e. The van der Waals surface area contributed by atoms with Crippen LogP contribution < -0.4 is 5.32 Å². The third-order valence-corrected chi connectivity index (χ3v) is 4.55. The molecule has 1 aliphatic carbocycles. The second-order valence-corrected chi connectivity index (χ2v) is 6.45. The molecule has 3 aromatic carbocycles. The molecule has 0 unspecified atom stereocenters. The quantitative estimate of drug-likeness (QED) is 0.545. The van der Waals surface area contributed by atoms with E-state index in [1.807, 2.05) is 0 Å². The zero-order chi connectivity index (χ0) is 20.4. The highest BCUT2D eigenvalue weighted by molar-refractivity contribution is 6.28. The van der Waals surface area contributed by atoms with Gasteiger partial charge in [-0.3, -0.25) is 14.4 Å². The summed E-state index contributed by atoms with van der Waals surface area (Å²) in [6.07, 6.45) is 0. The highest BCUT2D eigenvalue weighted by Gasteiger charge is 2.29. The molecular formula is C23H15NO5. The monoisotopic (exact) mass is 385 g/mol. The first kappa shape index (κ1) is 18.3. The molecule has 6 heteroatoms. The first-order valence-electron chi connectivity index (χ1n) is 8.89. The summed E-state index contributed by atoms with van der Waals surface area (Å²) in [7, 11) is 0. The molecule has 4 rings (SSSR count). The van der Waals surface area contributed by atoms with Crippen LogP contribution in [-0.4, -0.2) is 30.0 Å². The Bertz CT molecular complexity index is 1150. The number of nitrogens with one attached hydrogen (secondary N) is 1. The van der Waals surface area contributed by atoms with Gasteiger partial charge in [0.05, 0.1) is 5.56 Å². The van der Waals surface area contributed by atoms with Gasteiger partial charge in [0.1, 0.15) is 0 Å². The molecule has 0 atom stereocenters. The Labute approximate surface area is 166 Å². The van der Waals surface area contributed by atoms with Gasteiger partial charge in [-0.1, -0.05) is 42.5 Å². The first-order chi connectivity index (χ1) is 14.0. The maximum absolute atomic E-state index is 12.7. The van der Waals surface area contributed by atoms with E-state index in [4.69, 9.17) is 4.74 Å². The predicted octanol–water partition coefficient (Wildman–Crippen LogP) is 3.26. The van der Waals surface area contributed by atoms with Gasteiger partial charge in [0.2, 0.25) is 0 Å². The molecule has 0 fully saturated rings. The van der Waals surface area contributed by atoms with Crippen molar-refractivity contribution in [3.05, 3.63) is 101 Å². The Balaban J connectivity index is 1.47. The summed E-state index contributed by atoms with van der Waals surface area (Å²) in [6.45, 7) is -0.472. The van der Waals surface area contributed by atoms with E-state index >= 15 is 0 Å². The molecule has 6 nitrogen and oxygen atoms in total. The van der Waals surface area contributed by atoms with Crippen molar-refractivity contribution in [2.45, 2.75) is 0 Å². The third-order valence-electron chi connectivity index (χ3n) is 4.55. The largest absolute Gasteiger partial charge is 0.452 e. The van der Waals surface area contributed by atoms with Gasteiger partial charge in [0, 0.05) is 27.9 Å². The normalized spacial score (nSPS) is 12.0. The molecule has 0 saturated carbocycles. The lowest BCUT2D eigenvalue weighted by atomic mass is 9.84. The molecule has 0 spiro atoms. The molecule has 1 aliphatic rings. The molecule has 0 saturated heterocycles. The number of amides is 1. The Morgan fingerprint density at radius 2 is 1.31 bits per heavy atom. The number of hydrogen-bond acceptors (Lipinski definition) is 5. The van der Waals surface area contributed by atoms with Crippen LogP contribution in [0.3, 0.4) is 0 Å². The van der Waals surface area contributed by atoms with Crippen molar-refractivity contribution < 1.29 is 23.9 Å². The number of benzene rings is 3. The number of ketones is 2. The Morgan fingerprint density at radius 3 is 2.00 bits per heavy atom. The van der Waals surface area contributed by atoms with Crippen molar-refractivity contribution in [1.29, 1.82) is 0 Å². The first-order valence-corrected chi connectivity index (χ1v) is 8.89. The lowest BCUT2D eigenvalue weighted by Crippen LogP contribution is -2.23. The molecule has 3 aromatic rings. The lowest BCUT2D eigenvalue weighted by molar-refractivity contribution is -0.119. The zero-order valence-electron chi connectivity index (χ0n) is 15.2. The minimum absolute atomic E-state index is 0.229. The van der Waals surface area contributed by atoms with Gasteiger partial charge >= 0.3 is 5.97 Å². The zero-order valence-corrected chi connectivity index (χ0v) is 15.2. The summed E-state index contributed by atoms with van der Waals surface area (Å²) in [5.74, 6) is -1.67. The Morgan fingerprint density at radius 1 is 0.724 bits per heavy atom. The van der Waals surface area contributed by atoms with Gasteiger partial charge in [0.25, 0.3) is 5.91 Å². The van der Waals surface area contributed by atoms with Crippen LogP contribution in [0, 0.1) is 0 Å². The fourth-order valence-electron chi connectivity index (χ4n) is 3.16. The summed E-state index contributed by atoms with van der Waals surface area (Å²) in [4.78, 5) is 49.4.